The normalized spacial score (nSPS) is 20.0. The monoisotopic (exact) mass is 964 g/mol. The molecule has 66 heavy (non-hydrogen) atoms. The van der Waals surface area contributed by atoms with Crippen molar-refractivity contribution in [3.05, 3.63) is 52.0 Å². The van der Waals surface area contributed by atoms with Gasteiger partial charge < -0.3 is 34.4 Å². The maximum Gasteiger partial charge on any atom is 0.728 e. The number of rotatable bonds is 15. The predicted octanol–water partition coefficient (Wildman–Crippen LogP) is 7.26. The topological polar surface area (TPSA) is 172 Å². The highest BCUT2D eigenvalue weighted by Gasteiger charge is 2.45. The number of hydrogen-bond donors (Lipinski definition) is 2. The lowest BCUT2D eigenvalue weighted by Crippen LogP contribution is -2.49. The Morgan fingerprint density at radius 2 is 1.48 bits per heavy atom. The number of quaternary nitrogens is 1. The first kappa shape index (κ1) is 52.3. The third kappa shape index (κ3) is 14.9. The summed E-state index contributed by atoms with van der Waals surface area (Å²) in [6.07, 6.45) is 1.38. The number of nitrogens with zero attached hydrogens (tertiary/aromatic N) is 6. The van der Waals surface area contributed by atoms with Gasteiger partial charge in [0.1, 0.15) is 28.1 Å². The van der Waals surface area contributed by atoms with Gasteiger partial charge in [-0.15, -0.1) is 0 Å². The van der Waals surface area contributed by atoms with Crippen molar-refractivity contribution in [1.82, 2.24) is 19.9 Å². The molecule has 0 bridgehead atoms. The van der Waals surface area contributed by atoms with E-state index in [9.17, 15) is 27.6 Å². The van der Waals surface area contributed by atoms with Crippen molar-refractivity contribution in [2.75, 3.05) is 82.8 Å². The van der Waals surface area contributed by atoms with Crippen molar-refractivity contribution in [2.45, 2.75) is 109 Å². The van der Waals surface area contributed by atoms with Gasteiger partial charge in [0.25, 0.3) is 12.0 Å². The molecule has 3 fully saturated rings. The Labute approximate surface area is 393 Å². The molecule has 0 spiro atoms. The van der Waals surface area contributed by atoms with E-state index in [1.54, 1.807) is 37.8 Å². The molecule has 1 saturated carbocycles. The van der Waals surface area contributed by atoms with Gasteiger partial charge in [-0.05, 0) is 104 Å². The summed E-state index contributed by atoms with van der Waals surface area (Å²) in [6.45, 7) is 14.0. The smallest absolute Gasteiger partial charge is 0.444 e. The van der Waals surface area contributed by atoms with Gasteiger partial charge in [0, 0.05) is 88.2 Å². The number of pyridine rings is 1. The molecule has 1 unspecified atom stereocenters. The zero-order valence-electron chi connectivity index (χ0n) is 39.5. The molecule has 2 saturated heterocycles. The number of piperazine rings is 1. The van der Waals surface area contributed by atoms with E-state index in [-0.39, 0.29) is 91.1 Å². The molecule has 16 nitrogen and oxygen atoms in total. The second kappa shape index (κ2) is 21.5. The Bertz CT molecular complexity index is 2230. The van der Waals surface area contributed by atoms with Crippen LogP contribution in [-0.4, -0.2) is 130 Å². The summed E-state index contributed by atoms with van der Waals surface area (Å²) in [7, 11) is 0.253. The molecule has 2 aromatic rings. The summed E-state index contributed by atoms with van der Waals surface area (Å²) in [5.41, 5.74) is -1.04. The molecule has 2 N–H and O–H groups in total. The minimum absolute atomic E-state index is 0.0361. The second-order valence-electron chi connectivity index (χ2n) is 20.0. The minimum Gasteiger partial charge on any atom is -0.444 e. The van der Waals surface area contributed by atoms with Gasteiger partial charge in [-0.1, -0.05) is 11.6 Å². The van der Waals surface area contributed by atoms with E-state index >= 15 is 8.78 Å². The maximum absolute atomic E-state index is 16.2. The van der Waals surface area contributed by atoms with Crippen molar-refractivity contribution in [3.63, 3.8) is 0 Å². The van der Waals surface area contributed by atoms with Crippen LogP contribution in [0.2, 0.25) is 5.15 Å². The quantitative estimate of drug-likeness (QED) is 0.105. The molecule has 1 aliphatic carbocycles. The summed E-state index contributed by atoms with van der Waals surface area (Å²) in [5.74, 6) is -5.13. The van der Waals surface area contributed by atoms with Crippen LogP contribution in [-0.2, 0) is 35.0 Å². The molecular formula is C46H67ClF2N8O8S+2. The van der Waals surface area contributed by atoms with Crippen molar-refractivity contribution >= 4 is 57.1 Å². The number of sulfonamides is 1. The molecule has 1 atom stereocenters. The van der Waals surface area contributed by atoms with E-state index in [0.29, 0.717) is 36.1 Å². The molecule has 3 heterocycles. The fourth-order valence-electron chi connectivity index (χ4n) is 8.35. The molecular weight excluding hydrogens is 898 g/mol. The predicted molar refractivity (Wildman–Crippen MR) is 248 cm³/mol. The Balaban J connectivity index is 1.07. The minimum atomic E-state index is -3.94. The van der Waals surface area contributed by atoms with Crippen molar-refractivity contribution in [3.8, 4) is 6.07 Å². The maximum atomic E-state index is 16.2. The molecule has 4 amide bonds. The number of alkyl halides is 2. The van der Waals surface area contributed by atoms with Gasteiger partial charge in [0.15, 0.2) is 0 Å². The summed E-state index contributed by atoms with van der Waals surface area (Å²) in [6, 6.07) is 11.2. The number of amides is 4. The fraction of sp³-hybridized carbons (Fsp3) is 0.652. The second-order valence-corrected chi connectivity index (χ2v) is 22.4. The van der Waals surface area contributed by atoms with Crippen LogP contribution in [0.1, 0.15) is 92.1 Å². The largest absolute Gasteiger partial charge is 0.728 e. The van der Waals surface area contributed by atoms with E-state index in [0.717, 1.165) is 25.9 Å². The molecule has 3 aliphatic rings. The number of carbonyl (C=O) groups is 4. The number of aromatic nitrogens is 1. The molecule has 20 heteroatoms. The summed E-state index contributed by atoms with van der Waals surface area (Å²) in [4.78, 5) is 61.0. The van der Waals surface area contributed by atoms with Crippen LogP contribution in [0.4, 0.5) is 29.9 Å². The van der Waals surface area contributed by atoms with Crippen LogP contribution in [0.25, 0.3) is 4.85 Å². The van der Waals surface area contributed by atoms with Gasteiger partial charge in [-0.3, -0.25) is 9.59 Å². The summed E-state index contributed by atoms with van der Waals surface area (Å²) in [5, 5.41) is 5.68. The number of anilines is 2. The average molecular weight is 966 g/mol. The molecule has 2 aliphatic heterocycles. The molecule has 5 rings (SSSR count). The molecule has 0 radical (unpaired) electrons. The first-order valence-electron chi connectivity index (χ1n) is 22.7. The standard InChI is InChI=1S/C46H65ClF2N8O8S/c1-44(2,3)64-42(60)51-20-10-26-57(7,8)25-9-19-50-41(59)33-11-13-34(14-12-33)46(48,49)35-28-38(47)53-39(29-35)54-21-23-55(24-22-54)66(62,63)37-17-15-36(16-18-37)56-31-32(27-40(56)58)30-52-43(61)65-45(4,5)6/h15-18,28-29,32-34H,9-14,19-27,31H2,1-8H3/p+2. The number of hydrogen-bond acceptors (Lipinski definition) is 10. The van der Waals surface area contributed by atoms with Gasteiger partial charge in [-0.25, -0.2) is 27.0 Å². The van der Waals surface area contributed by atoms with Gasteiger partial charge in [-0.2, -0.15) is 9.10 Å². The van der Waals surface area contributed by atoms with E-state index in [4.69, 9.17) is 21.1 Å². The summed E-state index contributed by atoms with van der Waals surface area (Å²) < 4.78 is 72.2. The number of halogens is 3. The van der Waals surface area contributed by atoms with Gasteiger partial charge >= 0.3 is 12.2 Å². The lowest BCUT2D eigenvalue weighted by Gasteiger charge is -2.36. The Morgan fingerprint density at radius 3 is 2.08 bits per heavy atom. The first-order chi connectivity index (χ1) is 30.7. The van der Waals surface area contributed by atoms with E-state index < -0.39 is 51.2 Å². The van der Waals surface area contributed by atoms with Crippen LogP contribution in [0.15, 0.2) is 41.3 Å². The van der Waals surface area contributed by atoms with Gasteiger partial charge in [0.05, 0.1) is 36.9 Å². The SMILES string of the molecule is CC(C)(C)OC(=O)[N+]#CC1CC(=O)N(c2ccc(S(=O)(=O)N3CCN(c4cc(C(F)(F)C5CCC(C(=O)NCCC[N+](C)(C)CCCNC(=O)OC(C)(C)C)CC5)cc(Cl)n4)CC3)cc2)C1. The molecule has 1 aromatic heterocycles. The summed E-state index contributed by atoms with van der Waals surface area (Å²) >= 11 is 6.33. The van der Waals surface area contributed by atoms with E-state index in [2.05, 4.69) is 40.6 Å². The Hall–Kier alpha value is -4.64. The molecule has 364 valence electrons. The fourth-order valence-corrected chi connectivity index (χ4v) is 9.98. The third-order valence-electron chi connectivity index (χ3n) is 11.8. The Morgan fingerprint density at radius 1 is 0.894 bits per heavy atom. The number of carbonyl (C=O) groups excluding carboxylic acids is 4. The Kier molecular flexibility index (Phi) is 17.1. The average Bonchev–Trinajstić information content (AvgIpc) is 3.61. The van der Waals surface area contributed by atoms with Crippen LogP contribution >= 0.6 is 11.6 Å². The number of nitrogens with one attached hydrogen (secondary N) is 2. The van der Waals surface area contributed by atoms with E-state index in [1.807, 2.05) is 20.8 Å². The number of ether oxygens (including phenoxy) is 2. The first-order valence-corrected chi connectivity index (χ1v) is 24.5. The van der Waals surface area contributed by atoms with Crippen LogP contribution in [0.5, 0.6) is 0 Å². The van der Waals surface area contributed by atoms with E-state index in [1.165, 1.54) is 33.5 Å². The van der Waals surface area contributed by atoms with Gasteiger partial charge in [0.2, 0.25) is 21.8 Å². The van der Waals surface area contributed by atoms with Crippen LogP contribution < -0.4 is 20.4 Å². The number of alkyl carbamates (subject to hydrolysis) is 1. The van der Waals surface area contributed by atoms with Crippen molar-refractivity contribution in [1.29, 1.82) is 0 Å². The zero-order chi connectivity index (χ0) is 48.7. The highest BCUT2D eigenvalue weighted by molar-refractivity contribution is 7.89. The lowest BCUT2D eigenvalue weighted by molar-refractivity contribution is -0.890. The zero-order valence-corrected chi connectivity index (χ0v) is 41.1. The third-order valence-corrected chi connectivity index (χ3v) is 13.9. The van der Waals surface area contributed by atoms with Crippen molar-refractivity contribution < 1.29 is 50.3 Å². The van der Waals surface area contributed by atoms with Crippen LogP contribution in [0.3, 0.4) is 0 Å². The lowest BCUT2D eigenvalue weighted by atomic mass is 9.77. The number of benzene rings is 1. The van der Waals surface area contributed by atoms with Crippen molar-refractivity contribution in [2.24, 2.45) is 17.8 Å². The molecule has 1 aromatic carbocycles. The highest BCUT2D eigenvalue weighted by atomic mass is 35.5. The van der Waals surface area contributed by atoms with Crippen LogP contribution in [0, 0.1) is 23.8 Å². The highest BCUT2D eigenvalue weighted by Crippen LogP contribution is 2.46.